The van der Waals surface area contributed by atoms with Crippen molar-refractivity contribution in [2.45, 2.75) is 64.9 Å². The monoisotopic (exact) mass is 277 g/mol. The fourth-order valence-corrected chi connectivity index (χ4v) is 2.24. The molecule has 0 aliphatic heterocycles. The molecule has 1 aromatic rings. The van der Waals surface area contributed by atoms with Gasteiger partial charge in [-0.25, -0.2) is 0 Å². The van der Waals surface area contributed by atoms with Crippen LogP contribution in [0.5, 0.6) is 5.75 Å². The van der Waals surface area contributed by atoms with Crippen LogP contribution < -0.4 is 9.84 Å². The molecule has 0 saturated heterocycles. The standard InChI is InChI=1S/C17H26O3/c1-3-5-6-7-9-15(8-4-2)20-16-12-10-14(11-13-16)17(18)19/h10-13,15H,3-9H2,1-2H3,(H,18,19)/p-1. The predicted octanol–water partition coefficient (Wildman–Crippen LogP) is 3.57. The summed E-state index contributed by atoms with van der Waals surface area (Å²) in [6.45, 7) is 4.36. The normalized spacial score (nSPS) is 12.1. The molecular weight excluding hydrogens is 252 g/mol. The van der Waals surface area contributed by atoms with Crippen LogP contribution in [0.4, 0.5) is 0 Å². The van der Waals surface area contributed by atoms with E-state index >= 15 is 0 Å². The minimum absolute atomic E-state index is 0.187. The van der Waals surface area contributed by atoms with E-state index in [1.54, 1.807) is 12.1 Å². The Hall–Kier alpha value is -1.51. The summed E-state index contributed by atoms with van der Waals surface area (Å²) in [6.07, 6.45) is 8.38. The van der Waals surface area contributed by atoms with Crippen molar-refractivity contribution in [2.24, 2.45) is 0 Å². The summed E-state index contributed by atoms with van der Waals surface area (Å²) in [6, 6.07) is 6.48. The second kappa shape index (κ2) is 9.40. The van der Waals surface area contributed by atoms with E-state index in [2.05, 4.69) is 13.8 Å². The summed E-state index contributed by atoms with van der Waals surface area (Å²) >= 11 is 0. The molecule has 20 heavy (non-hydrogen) atoms. The molecule has 0 saturated carbocycles. The largest absolute Gasteiger partial charge is 0.545 e. The third-order valence-electron chi connectivity index (χ3n) is 3.38. The molecule has 1 rings (SSSR count). The van der Waals surface area contributed by atoms with Gasteiger partial charge in [-0.2, -0.15) is 0 Å². The van der Waals surface area contributed by atoms with Crippen LogP contribution in [0.3, 0.4) is 0 Å². The summed E-state index contributed by atoms with van der Waals surface area (Å²) in [5.74, 6) is -0.412. The zero-order chi connectivity index (χ0) is 14.8. The Labute approximate surface area is 122 Å². The molecule has 0 aliphatic rings. The van der Waals surface area contributed by atoms with E-state index in [0.717, 1.165) is 25.0 Å². The van der Waals surface area contributed by atoms with Crippen molar-refractivity contribution in [3.63, 3.8) is 0 Å². The zero-order valence-corrected chi connectivity index (χ0v) is 12.6. The highest BCUT2D eigenvalue weighted by atomic mass is 16.5. The van der Waals surface area contributed by atoms with Gasteiger partial charge in [0.15, 0.2) is 0 Å². The van der Waals surface area contributed by atoms with E-state index in [-0.39, 0.29) is 11.7 Å². The topological polar surface area (TPSA) is 49.4 Å². The fraction of sp³-hybridized carbons (Fsp3) is 0.588. The number of carbonyl (C=O) groups is 1. The van der Waals surface area contributed by atoms with E-state index in [1.165, 1.54) is 37.8 Å². The molecule has 1 aromatic carbocycles. The number of benzene rings is 1. The highest BCUT2D eigenvalue weighted by Gasteiger charge is 2.09. The Kier molecular flexibility index (Phi) is 7.78. The lowest BCUT2D eigenvalue weighted by atomic mass is 10.1. The van der Waals surface area contributed by atoms with Crippen molar-refractivity contribution >= 4 is 5.97 Å². The summed E-state index contributed by atoms with van der Waals surface area (Å²) in [5, 5.41) is 10.7. The minimum atomic E-state index is -1.15. The maximum Gasteiger partial charge on any atom is 0.119 e. The van der Waals surface area contributed by atoms with Gasteiger partial charge >= 0.3 is 0 Å². The maximum atomic E-state index is 10.7. The number of unbranched alkanes of at least 4 members (excludes halogenated alkanes) is 3. The van der Waals surface area contributed by atoms with Crippen molar-refractivity contribution in [1.29, 1.82) is 0 Å². The molecule has 0 N–H and O–H groups in total. The van der Waals surface area contributed by atoms with Crippen LogP contribution in [0.15, 0.2) is 24.3 Å². The average Bonchev–Trinajstić information content (AvgIpc) is 2.44. The van der Waals surface area contributed by atoms with Crippen molar-refractivity contribution in [3.05, 3.63) is 29.8 Å². The van der Waals surface area contributed by atoms with E-state index in [0.29, 0.717) is 0 Å². The molecule has 3 nitrogen and oxygen atoms in total. The van der Waals surface area contributed by atoms with Crippen LogP contribution >= 0.6 is 0 Å². The summed E-state index contributed by atoms with van der Waals surface area (Å²) in [5.41, 5.74) is 0.187. The number of carbonyl (C=O) groups excluding carboxylic acids is 1. The number of rotatable bonds is 10. The minimum Gasteiger partial charge on any atom is -0.545 e. The molecule has 0 aliphatic carbocycles. The Morgan fingerprint density at radius 3 is 2.30 bits per heavy atom. The molecule has 0 heterocycles. The van der Waals surface area contributed by atoms with Crippen LogP contribution in [0, 0.1) is 0 Å². The number of hydrogen-bond donors (Lipinski definition) is 0. The molecule has 0 aromatic heterocycles. The Morgan fingerprint density at radius 2 is 1.75 bits per heavy atom. The van der Waals surface area contributed by atoms with Gasteiger partial charge in [-0.1, -0.05) is 39.5 Å². The molecular formula is C17H25O3-. The predicted molar refractivity (Wildman–Crippen MR) is 78.9 cm³/mol. The van der Waals surface area contributed by atoms with Crippen molar-refractivity contribution in [1.82, 2.24) is 0 Å². The number of hydrogen-bond acceptors (Lipinski definition) is 3. The molecule has 1 unspecified atom stereocenters. The summed E-state index contributed by atoms with van der Waals surface area (Å²) < 4.78 is 5.96. The van der Waals surface area contributed by atoms with Gasteiger partial charge < -0.3 is 14.6 Å². The quantitative estimate of drug-likeness (QED) is 0.614. The second-order valence-corrected chi connectivity index (χ2v) is 5.19. The molecule has 0 bridgehead atoms. The summed E-state index contributed by atoms with van der Waals surface area (Å²) in [7, 11) is 0. The molecule has 0 spiro atoms. The van der Waals surface area contributed by atoms with Gasteiger partial charge in [-0.3, -0.25) is 0 Å². The van der Waals surface area contributed by atoms with Gasteiger partial charge in [0.1, 0.15) is 5.75 Å². The SMILES string of the molecule is CCCCCCC(CCC)Oc1ccc(C(=O)[O-])cc1. The van der Waals surface area contributed by atoms with Gasteiger partial charge in [0.05, 0.1) is 12.1 Å². The third kappa shape index (κ3) is 6.09. The molecule has 112 valence electrons. The molecule has 0 fully saturated rings. The highest BCUT2D eigenvalue weighted by Crippen LogP contribution is 2.19. The van der Waals surface area contributed by atoms with E-state index in [1.807, 2.05) is 0 Å². The first-order valence-corrected chi connectivity index (χ1v) is 7.65. The second-order valence-electron chi connectivity index (χ2n) is 5.19. The molecule has 3 heteroatoms. The lowest BCUT2D eigenvalue weighted by molar-refractivity contribution is -0.255. The Bertz CT molecular complexity index is 384. The lowest BCUT2D eigenvalue weighted by Crippen LogP contribution is -2.22. The van der Waals surface area contributed by atoms with Gasteiger partial charge in [0.25, 0.3) is 0 Å². The van der Waals surface area contributed by atoms with Gasteiger partial charge in [-0.05, 0) is 49.1 Å². The first-order valence-electron chi connectivity index (χ1n) is 7.65. The number of carboxylic acids is 1. The first-order chi connectivity index (χ1) is 9.67. The van der Waals surface area contributed by atoms with Crippen LogP contribution in [0.25, 0.3) is 0 Å². The fourth-order valence-electron chi connectivity index (χ4n) is 2.24. The maximum absolute atomic E-state index is 10.7. The average molecular weight is 277 g/mol. The van der Waals surface area contributed by atoms with Crippen molar-refractivity contribution in [3.8, 4) is 5.75 Å². The van der Waals surface area contributed by atoms with E-state index in [9.17, 15) is 9.90 Å². The van der Waals surface area contributed by atoms with Crippen LogP contribution in [0.2, 0.25) is 0 Å². The zero-order valence-electron chi connectivity index (χ0n) is 12.6. The van der Waals surface area contributed by atoms with Crippen molar-refractivity contribution in [2.75, 3.05) is 0 Å². The lowest BCUT2D eigenvalue weighted by Gasteiger charge is -2.19. The van der Waals surface area contributed by atoms with Crippen LogP contribution in [-0.2, 0) is 0 Å². The smallest absolute Gasteiger partial charge is 0.119 e. The molecule has 1 atom stereocenters. The number of ether oxygens (including phenoxy) is 1. The number of aromatic carboxylic acids is 1. The molecule has 0 radical (unpaired) electrons. The Balaban J connectivity index is 2.49. The first kappa shape index (κ1) is 16.5. The Morgan fingerprint density at radius 1 is 1.05 bits per heavy atom. The van der Waals surface area contributed by atoms with Gasteiger partial charge in [-0.15, -0.1) is 0 Å². The van der Waals surface area contributed by atoms with Crippen LogP contribution in [0.1, 0.15) is 69.2 Å². The number of carboxylic acid groups (broad SMARTS) is 1. The van der Waals surface area contributed by atoms with E-state index < -0.39 is 5.97 Å². The van der Waals surface area contributed by atoms with Gasteiger partial charge in [0.2, 0.25) is 0 Å². The van der Waals surface area contributed by atoms with Crippen molar-refractivity contribution < 1.29 is 14.6 Å². The summed E-state index contributed by atoms with van der Waals surface area (Å²) in [4.78, 5) is 10.7. The van der Waals surface area contributed by atoms with Crippen LogP contribution in [-0.4, -0.2) is 12.1 Å². The highest BCUT2D eigenvalue weighted by molar-refractivity contribution is 5.85. The molecule has 0 amide bonds. The van der Waals surface area contributed by atoms with Gasteiger partial charge in [0, 0.05) is 0 Å². The third-order valence-corrected chi connectivity index (χ3v) is 3.38. The van der Waals surface area contributed by atoms with E-state index in [4.69, 9.17) is 4.74 Å².